The summed E-state index contributed by atoms with van der Waals surface area (Å²) in [5, 5.41) is 10.3. The maximum atomic E-state index is 13.4. The van der Waals surface area contributed by atoms with Crippen molar-refractivity contribution in [2.45, 2.75) is 104 Å². The van der Waals surface area contributed by atoms with E-state index in [4.69, 9.17) is 0 Å². The lowest BCUT2D eigenvalue weighted by molar-refractivity contribution is -0.134. The van der Waals surface area contributed by atoms with Gasteiger partial charge in [-0.1, -0.05) is 32.4 Å². The molecule has 1 aromatic rings. The van der Waals surface area contributed by atoms with E-state index in [1.807, 2.05) is 12.4 Å². The van der Waals surface area contributed by atoms with Gasteiger partial charge in [0, 0.05) is 50.2 Å². The Morgan fingerprint density at radius 2 is 1.90 bits per heavy atom. The van der Waals surface area contributed by atoms with Crippen LogP contribution in [0.4, 0.5) is 5.69 Å². The highest BCUT2D eigenvalue weighted by Crippen LogP contribution is 2.67. The second kappa shape index (κ2) is 10.5. The molecule has 5 aliphatic rings. The maximum Gasteiger partial charge on any atom is 0.222 e. The molecule has 1 aromatic heterocycles. The standard InChI is InChI=1S/C34H51N3O2/c1-23(5-10-32(39)37-20-19-36(22-24(37)2)26-13-17-35-18-14-26)29-8-9-30-28-7-6-25-21-27(38)11-15-33(25,3)31(28)12-16-34(29,30)4/h6,13-14,17-18,23-24,27-31,38H,5,7-12,15-16,19-22H2,1-4H3/t23?,24-,27-,28-,29+,30-,31-,33-,34+/m0/s1. The SMILES string of the molecule is CC(CCC(=O)N1CCN(c2ccncc2)C[C@@H]1C)[C@H]1CC[C@H]2[C@@H]3CC=C4C[C@@H](O)CC[C@]4(C)[C@H]3CC[C@]12C. The van der Waals surface area contributed by atoms with Crippen LogP contribution in [-0.2, 0) is 4.79 Å². The van der Waals surface area contributed by atoms with Gasteiger partial charge in [-0.25, -0.2) is 0 Å². The van der Waals surface area contributed by atoms with Crippen LogP contribution in [0.1, 0.15) is 91.9 Å². The van der Waals surface area contributed by atoms with Crippen molar-refractivity contribution in [2.75, 3.05) is 24.5 Å². The second-order valence-corrected chi connectivity index (χ2v) is 14.5. The van der Waals surface area contributed by atoms with Crippen molar-refractivity contribution in [1.29, 1.82) is 0 Å². The van der Waals surface area contributed by atoms with E-state index in [0.717, 1.165) is 62.6 Å². The average Bonchev–Trinajstić information content (AvgIpc) is 3.29. The van der Waals surface area contributed by atoms with Crippen molar-refractivity contribution in [2.24, 2.45) is 40.4 Å². The molecule has 9 atom stereocenters. The molecule has 1 amide bonds. The van der Waals surface area contributed by atoms with E-state index in [0.29, 0.717) is 29.1 Å². The third-order valence-electron chi connectivity index (χ3n) is 12.6. The van der Waals surface area contributed by atoms with Gasteiger partial charge in [0.2, 0.25) is 5.91 Å². The Hall–Kier alpha value is -1.88. The maximum absolute atomic E-state index is 13.4. The number of anilines is 1. The lowest BCUT2D eigenvalue weighted by Crippen LogP contribution is -2.54. The number of allylic oxidation sites excluding steroid dienone is 1. The Balaban J connectivity index is 1.06. The number of rotatable bonds is 5. The number of carbonyl (C=O) groups excluding carboxylic acids is 1. The molecule has 1 saturated heterocycles. The summed E-state index contributed by atoms with van der Waals surface area (Å²) >= 11 is 0. The number of hydrogen-bond donors (Lipinski definition) is 1. The number of pyridine rings is 1. The van der Waals surface area contributed by atoms with Crippen LogP contribution in [0.2, 0.25) is 0 Å². The Kier molecular flexibility index (Phi) is 7.35. The molecule has 0 radical (unpaired) electrons. The van der Waals surface area contributed by atoms with Gasteiger partial charge < -0.3 is 14.9 Å². The molecule has 0 spiro atoms. The van der Waals surface area contributed by atoms with Gasteiger partial charge in [-0.15, -0.1) is 0 Å². The quantitative estimate of drug-likeness (QED) is 0.441. The Morgan fingerprint density at radius 3 is 2.67 bits per heavy atom. The molecular formula is C34H51N3O2. The van der Waals surface area contributed by atoms with Gasteiger partial charge in [0.25, 0.3) is 0 Å². The highest BCUT2D eigenvalue weighted by atomic mass is 16.3. The Bertz CT molecular complexity index is 1070. The summed E-state index contributed by atoms with van der Waals surface area (Å²) in [6, 6.07) is 4.37. The predicted molar refractivity (Wildman–Crippen MR) is 157 cm³/mol. The van der Waals surface area contributed by atoms with Crippen molar-refractivity contribution in [3.63, 3.8) is 0 Å². The van der Waals surface area contributed by atoms with Crippen LogP contribution < -0.4 is 4.90 Å². The lowest BCUT2D eigenvalue weighted by Gasteiger charge is -2.58. The van der Waals surface area contributed by atoms with E-state index in [1.165, 1.54) is 44.2 Å². The molecule has 5 heteroatoms. The molecule has 4 fully saturated rings. The van der Waals surface area contributed by atoms with Crippen molar-refractivity contribution in [1.82, 2.24) is 9.88 Å². The molecule has 1 N–H and O–H groups in total. The van der Waals surface area contributed by atoms with Crippen LogP contribution in [0.15, 0.2) is 36.2 Å². The largest absolute Gasteiger partial charge is 0.393 e. The fourth-order valence-corrected chi connectivity index (χ4v) is 10.4. The van der Waals surface area contributed by atoms with E-state index in [-0.39, 0.29) is 12.1 Å². The number of hydrogen-bond acceptors (Lipinski definition) is 4. The highest BCUT2D eigenvalue weighted by Gasteiger charge is 2.59. The highest BCUT2D eigenvalue weighted by molar-refractivity contribution is 5.77. The molecule has 39 heavy (non-hydrogen) atoms. The van der Waals surface area contributed by atoms with E-state index < -0.39 is 0 Å². The van der Waals surface area contributed by atoms with Gasteiger partial charge in [0.15, 0.2) is 0 Å². The second-order valence-electron chi connectivity index (χ2n) is 14.5. The summed E-state index contributed by atoms with van der Waals surface area (Å²) in [6.45, 7) is 12.4. The number of aliphatic hydroxyl groups is 1. The first-order valence-electron chi connectivity index (χ1n) is 16.0. The van der Waals surface area contributed by atoms with E-state index in [9.17, 15) is 9.90 Å². The van der Waals surface area contributed by atoms with Crippen molar-refractivity contribution >= 4 is 11.6 Å². The zero-order valence-electron chi connectivity index (χ0n) is 24.8. The van der Waals surface area contributed by atoms with Gasteiger partial charge in [-0.2, -0.15) is 0 Å². The number of piperazine rings is 1. The molecule has 6 rings (SSSR count). The summed E-state index contributed by atoms with van der Waals surface area (Å²) in [4.78, 5) is 22.1. The van der Waals surface area contributed by atoms with Crippen LogP contribution in [0.3, 0.4) is 0 Å². The molecule has 3 saturated carbocycles. The van der Waals surface area contributed by atoms with Crippen molar-refractivity contribution < 1.29 is 9.90 Å². The molecule has 5 nitrogen and oxygen atoms in total. The summed E-state index contributed by atoms with van der Waals surface area (Å²) in [6.07, 6.45) is 17.5. The molecule has 1 aliphatic heterocycles. The molecule has 214 valence electrons. The van der Waals surface area contributed by atoms with Gasteiger partial charge >= 0.3 is 0 Å². The number of aliphatic hydroxyl groups excluding tert-OH is 1. The molecule has 2 heterocycles. The molecule has 0 bridgehead atoms. The topological polar surface area (TPSA) is 56.7 Å². The predicted octanol–water partition coefficient (Wildman–Crippen LogP) is 6.47. The number of carbonyl (C=O) groups is 1. The van der Waals surface area contributed by atoms with Gasteiger partial charge in [0.05, 0.1) is 6.10 Å². The van der Waals surface area contributed by atoms with Crippen LogP contribution >= 0.6 is 0 Å². The Morgan fingerprint density at radius 1 is 1.10 bits per heavy atom. The summed E-state index contributed by atoms with van der Waals surface area (Å²) in [7, 11) is 0. The minimum Gasteiger partial charge on any atom is -0.393 e. The van der Waals surface area contributed by atoms with Crippen LogP contribution in [-0.4, -0.2) is 52.7 Å². The molecule has 4 aliphatic carbocycles. The average molecular weight is 534 g/mol. The van der Waals surface area contributed by atoms with Crippen LogP contribution in [0.25, 0.3) is 0 Å². The van der Waals surface area contributed by atoms with Crippen LogP contribution in [0, 0.1) is 40.4 Å². The van der Waals surface area contributed by atoms with Gasteiger partial charge in [0.1, 0.15) is 0 Å². The smallest absolute Gasteiger partial charge is 0.222 e. The number of amides is 1. The minimum atomic E-state index is -0.123. The lowest BCUT2D eigenvalue weighted by atomic mass is 9.47. The number of aromatic nitrogens is 1. The first-order valence-corrected chi connectivity index (χ1v) is 16.0. The first-order chi connectivity index (χ1) is 18.7. The van der Waals surface area contributed by atoms with E-state index >= 15 is 0 Å². The monoisotopic (exact) mass is 533 g/mol. The Labute approximate surface area is 236 Å². The normalized spacial score (nSPS) is 40.8. The van der Waals surface area contributed by atoms with Crippen molar-refractivity contribution in [3.8, 4) is 0 Å². The summed E-state index contributed by atoms with van der Waals surface area (Å²) < 4.78 is 0. The summed E-state index contributed by atoms with van der Waals surface area (Å²) in [5.41, 5.74) is 3.51. The fourth-order valence-electron chi connectivity index (χ4n) is 10.4. The van der Waals surface area contributed by atoms with E-state index in [2.05, 4.69) is 60.7 Å². The van der Waals surface area contributed by atoms with Gasteiger partial charge in [-0.3, -0.25) is 9.78 Å². The fraction of sp³-hybridized carbons (Fsp3) is 0.765. The number of fused-ring (bicyclic) bond motifs is 5. The van der Waals surface area contributed by atoms with E-state index in [1.54, 1.807) is 5.57 Å². The van der Waals surface area contributed by atoms with Gasteiger partial charge in [-0.05, 0) is 117 Å². The third-order valence-corrected chi connectivity index (χ3v) is 12.6. The minimum absolute atomic E-state index is 0.123. The third kappa shape index (κ3) is 4.75. The molecule has 0 aromatic carbocycles. The molecular weight excluding hydrogens is 482 g/mol. The number of nitrogens with zero attached hydrogens (tertiary/aromatic N) is 3. The van der Waals surface area contributed by atoms with Crippen molar-refractivity contribution in [3.05, 3.63) is 36.2 Å². The first kappa shape index (κ1) is 27.3. The zero-order valence-corrected chi connectivity index (χ0v) is 24.8. The van der Waals surface area contributed by atoms with Crippen LogP contribution in [0.5, 0.6) is 0 Å². The zero-order chi connectivity index (χ0) is 27.4. The summed E-state index contributed by atoms with van der Waals surface area (Å²) in [5.74, 6) is 4.12. The molecule has 1 unspecified atom stereocenters.